The number of likely N-dealkylation sites (tertiary alicyclic amines) is 1. The van der Waals surface area contributed by atoms with E-state index in [2.05, 4.69) is 0 Å². The predicted octanol–water partition coefficient (Wildman–Crippen LogP) is 3.17. The number of carbonyl (C=O) groups excluding carboxylic acids is 1. The first-order valence-electron chi connectivity index (χ1n) is 6.88. The Morgan fingerprint density at radius 2 is 2.26 bits per heavy atom. The van der Waals surface area contributed by atoms with E-state index in [1.807, 2.05) is 29.2 Å². The maximum Gasteiger partial charge on any atom is 0.223 e. The second kappa shape index (κ2) is 6.92. The SMILES string of the molecule is O=C(CCCCO)N1CCCC1c1cccc(Cl)c1. The number of aliphatic hydroxyl groups excluding tert-OH is 1. The highest BCUT2D eigenvalue weighted by atomic mass is 35.5. The molecule has 104 valence electrons. The van der Waals surface area contributed by atoms with Gasteiger partial charge in [-0.3, -0.25) is 4.79 Å². The molecule has 1 atom stereocenters. The Hall–Kier alpha value is -1.06. The molecule has 1 N–H and O–H groups in total. The van der Waals surface area contributed by atoms with Gasteiger partial charge in [0.15, 0.2) is 0 Å². The summed E-state index contributed by atoms with van der Waals surface area (Å²) in [5.74, 6) is 0.191. The fourth-order valence-corrected chi connectivity index (χ4v) is 2.86. The minimum absolute atomic E-state index is 0.158. The van der Waals surface area contributed by atoms with Crippen molar-refractivity contribution in [2.75, 3.05) is 13.2 Å². The van der Waals surface area contributed by atoms with Crippen molar-refractivity contribution < 1.29 is 9.90 Å². The lowest BCUT2D eigenvalue weighted by atomic mass is 10.0. The zero-order valence-corrected chi connectivity index (χ0v) is 11.8. The number of aliphatic hydroxyl groups is 1. The summed E-state index contributed by atoms with van der Waals surface area (Å²) in [4.78, 5) is 14.2. The predicted molar refractivity (Wildman–Crippen MR) is 76.1 cm³/mol. The van der Waals surface area contributed by atoms with Gasteiger partial charge in [0, 0.05) is 24.6 Å². The molecule has 1 aromatic rings. The van der Waals surface area contributed by atoms with Crippen molar-refractivity contribution in [2.45, 2.75) is 38.1 Å². The van der Waals surface area contributed by atoms with E-state index in [9.17, 15) is 4.79 Å². The quantitative estimate of drug-likeness (QED) is 0.842. The van der Waals surface area contributed by atoms with Crippen molar-refractivity contribution in [3.63, 3.8) is 0 Å². The second-order valence-electron chi connectivity index (χ2n) is 4.98. The number of benzene rings is 1. The van der Waals surface area contributed by atoms with Crippen molar-refractivity contribution in [2.24, 2.45) is 0 Å². The van der Waals surface area contributed by atoms with Crippen molar-refractivity contribution in [3.8, 4) is 0 Å². The first kappa shape index (κ1) is 14.4. The van der Waals surface area contributed by atoms with Crippen molar-refractivity contribution in [3.05, 3.63) is 34.9 Å². The van der Waals surface area contributed by atoms with Gasteiger partial charge in [0.05, 0.1) is 6.04 Å². The van der Waals surface area contributed by atoms with Gasteiger partial charge in [-0.1, -0.05) is 23.7 Å². The van der Waals surface area contributed by atoms with Gasteiger partial charge in [0.25, 0.3) is 0 Å². The highest BCUT2D eigenvalue weighted by Gasteiger charge is 2.29. The molecule has 1 amide bonds. The molecule has 1 aliphatic heterocycles. The Balaban J connectivity index is 2.02. The van der Waals surface area contributed by atoms with Crippen molar-refractivity contribution in [1.82, 2.24) is 4.90 Å². The summed E-state index contributed by atoms with van der Waals surface area (Å²) in [6.45, 7) is 0.986. The lowest BCUT2D eigenvalue weighted by Gasteiger charge is -2.25. The van der Waals surface area contributed by atoms with Crippen molar-refractivity contribution >= 4 is 17.5 Å². The van der Waals surface area contributed by atoms with Crippen LogP contribution in [0.25, 0.3) is 0 Å². The van der Waals surface area contributed by atoms with Crippen LogP contribution in [0.4, 0.5) is 0 Å². The summed E-state index contributed by atoms with van der Waals surface area (Å²) in [5, 5.41) is 9.48. The normalized spacial score (nSPS) is 18.8. The molecule has 0 aliphatic carbocycles. The number of nitrogens with zero attached hydrogens (tertiary/aromatic N) is 1. The molecular formula is C15H20ClNO2. The molecular weight excluding hydrogens is 262 g/mol. The van der Waals surface area contributed by atoms with Gasteiger partial charge in [-0.15, -0.1) is 0 Å². The largest absolute Gasteiger partial charge is 0.396 e. The molecule has 1 fully saturated rings. The lowest BCUT2D eigenvalue weighted by Crippen LogP contribution is -2.30. The molecule has 0 saturated carbocycles. The molecule has 19 heavy (non-hydrogen) atoms. The van der Waals surface area contributed by atoms with Gasteiger partial charge < -0.3 is 10.0 Å². The average molecular weight is 282 g/mol. The first-order chi connectivity index (χ1) is 9.22. The Labute approximate surface area is 119 Å². The third-order valence-electron chi connectivity index (χ3n) is 3.61. The topological polar surface area (TPSA) is 40.5 Å². The van der Waals surface area contributed by atoms with Crippen LogP contribution < -0.4 is 0 Å². The van der Waals surface area contributed by atoms with E-state index in [-0.39, 0.29) is 18.6 Å². The molecule has 3 nitrogen and oxygen atoms in total. The number of rotatable bonds is 5. The van der Waals surface area contributed by atoms with E-state index in [1.165, 1.54) is 0 Å². The number of hydrogen-bond donors (Lipinski definition) is 1. The Morgan fingerprint density at radius 1 is 1.42 bits per heavy atom. The van der Waals surface area contributed by atoms with Crippen molar-refractivity contribution in [1.29, 1.82) is 0 Å². The summed E-state index contributed by atoms with van der Waals surface area (Å²) in [7, 11) is 0. The maximum absolute atomic E-state index is 12.2. The molecule has 0 aromatic heterocycles. The third kappa shape index (κ3) is 3.71. The number of unbranched alkanes of at least 4 members (excludes halogenated alkanes) is 1. The fourth-order valence-electron chi connectivity index (χ4n) is 2.66. The molecule has 0 radical (unpaired) electrons. The van der Waals surface area contributed by atoms with Crippen LogP contribution in [-0.2, 0) is 4.79 Å². The third-order valence-corrected chi connectivity index (χ3v) is 3.84. The summed E-state index contributed by atoms with van der Waals surface area (Å²) in [6.07, 6.45) is 4.03. The van der Waals surface area contributed by atoms with Crippen LogP contribution in [0.3, 0.4) is 0 Å². The Morgan fingerprint density at radius 3 is 3.00 bits per heavy atom. The Kier molecular flexibility index (Phi) is 5.23. The Bertz CT molecular complexity index is 436. The molecule has 4 heteroatoms. The molecule has 0 bridgehead atoms. The number of halogens is 1. The van der Waals surface area contributed by atoms with Crippen LogP contribution in [-0.4, -0.2) is 29.1 Å². The first-order valence-corrected chi connectivity index (χ1v) is 7.26. The minimum Gasteiger partial charge on any atom is -0.396 e. The summed E-state index contributed by atoms with van der Waals surface area (Å²) >= 11 is 6.02. The maximum atomic E-state index is 12.2. The lowest BCUT2D eigenvalue weighted by molar-refractivity contribution is -0.132. The zero-order valence-electron chi connectivity index (χ0n) is 11.0. The van der Waals surface area contributed by atoms with E-state index in [0.29, 0.717) is 12.8 Å². The second-order valence-corrected chi connectivity index (χ2v) is 5.42. The van der Waals surface area contributed by atoms with E-state index in [1.54, 1.807) is 0 Å². The van der Waals surface area contributed by atoms with Gasteiger partial charge in [-0.2, -0.15) is 0 Å². The molecule has 1 unspecified atom stereocenters. The highest BCUT2D eigenvalue weighted by molar-refractivity contribution is 6.30. The van der Waals surface area contributed by atoms with Crippen LogP contribution in [0, 0.1) is 0 Å². The molecule has 1 aliphatic rings. The molecule has 2 rings (SSSR count). The molecule has 1 saturated heterocycles. The molecule has 1 aromatic carbocycles. The highest BCUT2D eigenvalue weighted by Crippen LogP contribution is 2.33. The van der Waals surface area contributed by atoms with Gasteiger partial charge in [0.2, 0.25) is 5.91 Å². The summed E-state index contributed by atoms with van der Waals surface area (Å²) < 4.78 is 0. The molecule has 1 heterocycles. The van der Waals surface area contributed by atoms with Gasteiger partial charge in [-0.05, 0) is 43.4 Å². The van der Waals surface area contributed by atoms with Crippen LogP contribution >= 0.6 is 11.6 Å². The fraction of sp³-hybridized carbons (Fsp3) is 0.533. The van der Waals surface area contributed by atoms with E-state index in [4.69, 9.17) is 16.7 Å². The van der Waals surface area contributed by atoms with Gasteiger partial charge in [-0.25, -0.2) is 0 Å². The van der Waals surface area contributed by atoms with E-state index >= 15 is 0 Å². The van der Waals surface area contributed by atoms with Crippen LogP contribution in [0.2, 0.25) is 5.02 Å². The number of amides is 1. The molecule has 0 spiro atoms. The van der Waals surface area contributed by atoms with E-state index < -0.39 is 0 Å². The minimum atomic E-state index is 0.158. The number of carbonyl (C=O) groups is 1. The summed E-state index contributed by atoms with van der Waals surface area (Å²) in [5.41, 5.74) is 1.13. The average Bonchev–Trinajstić information content (AvgIpc) is 2.88. The summed E-state index contributed by atoms with van der Waals surface area (Å²) in [6, 6.07) is 7.94. The monoisotopic (exact) mass is 281 g/mol. The van der Waals surface area contributed by atoms with Gasteiger partial charge in [0.1, 0.15) is 0 Å². The van der Waals surface area contributed by atoms with Gasteiger partial charge >= 0.3 is 0 Å². The van der Waals surface area contributed by atoms with E-state index in [0.717, 1.165) is 36.4 Å². The smallest absolute Gasteiger partial charge is 0.223 e. The van der Waals surface area contributed by atoms with Crippen LogP contribution in [0.5, 0.6) is 0 Å². The van der Waals surface area contributed by atoms with Crippen LogP contribution in [0.15, 0.2) is 24.3 Å². The van der Waals surface area contributed by atoms with Crippen LogP contribution in [0.1, 0.15) is 43.7 Å². The zero-order chi connectivity index (χ0) is 13.7. The standard InChI is InChI=1S/C15H20ClNO2/c16-13-6-3-5-12(11-13)14-7-4-9-17(14)15(19)8-1-2-10-18/h3,5-6,11,14,18H,1-2,4,7-10H2. The number of hydrogen-bond acceptors (Lipinski definition) is 2.